The van der Waals surface area contributed by atoms with Crippen molar-refractivity contribution < 1.29 is 9.53 Å². The third-order valence-electron chi connectivity index (χ3n) is 5.37. The van der Waals surface area contributed by atoms with Crippen molar-refractivity contribution in [2.75, 3.05) is 37.7 Å². The number of benzene rings is 1. The molecule has 1 aliphatic rings. The average Bonchev–Trinajstić information content (AvgIpc) is 3.13. The third-order valence-corrected chi connectivity index (χ3v) is 5.60. The Bertz CT molecular complexity index is 1050. The second kappa shape index (κ2) is 8.87. The predicted octanol–water partition coefficient (Wildman–Crippen LogP) is 2.83. The Morgan fingerprint density at radius 1 is 1.20 bits per heavy atom. The summed E-state index contributed by atoms with van der Waals surface area (Å²) < 4.78 is 7.53. The van der Waals surface area contributed by atoms with Gasteiger partial charge in [-0.25, -0.2) is 9.97 Å². The molecule has 8 nitrogen and oxygen atoms in total. The number of aryl methyl sites for hydroxylation is 2. The molecule has 0 atom stereocenters. The van der Waals surface area contributed by atoms with Crippen molar-refractivity contribution >= 4 is 34.4 Å². The Balaban J connectivity index is 1.25. The van der Waals surface area contributed by atoms with E-state index in [4.69, 9.17) is 16.3 Å². The van der Waals surface area contributed by atoms with Crippen LogP contribution in [0.3, 0.4) is 0 Å². The molecule has 1 aromatic carbocycles. The van der Waals surface area contributed by atoms with Crippen LogP contribution >= 0.6 is 11.6 Å². The number of halogens is 1. The third kappa shape index (κ3) is 4.33. The Kier molecular flexibility index (Phi) is 6.03. The number of ether oxygens (including phenoxy) is 1. The van der Waals surface area contributed by atoms with Crippen molar-refractivity contribution in [2.24, 2.45) is 7.05 Å². The summed E-state index contributed by atoms with van der Waals surface area (Å²) in [6, 6.07) is 5.55. The van der Waals surface area contributed by atoms with Crippen LogP contribution in [-0.2, 0) is 11.8 Å². The van der Waals surface area contributed by atoms with Gasteiger partial charge in [-0.1, -0.05) is 11.6 Å². The number of fused-ring (bicyclic) bond motifs is 1. The molecular formula is C21H25ClN6O2. The highest BCUT2D eigenvalue weighted by atomic mass is 35.5. The summed E-state index contributed by atoms with van der Waals surface area (Å²) >= 11 is 5.96. The molecule has 1 aliphatic heterocycles. The lowest BCUT2D eigenvalue weighted by Gasteiger charge is -2.35. The highest BCUT2D eigenvalue weighted by molar-refractivity contribution is 6.30. The van der Waals surface area contributed by atoms with Gasteiger partial charge in [0.05, 0.1) is 18.2 Å². The number of rotatable bonds is 6. The number of carbonyl (C=O) groups excluding carboxylic acids is 1. The van der Waals surface area contributed by atoms with Crippen LogP contribution in [0.5, 0.6) is 5.75 Å². The zero-order valence-corrected chi connectivity index (χ0v) is 18.0. The molecule has 158 valence electrons. The molecule has 0 radical (unpaired) electrons. The average molecular weight is 429 g/mol. The van der Waals surface area contributed by atoms with Gasteiger partial charge in [0.25, 0.3) is 0 Å². The summed E-state index contributed by atoms with van der Waals surface area (Å²) in [6.45, 7) is 5.32. The molecule has 9 heteroatoms. The molecule has 3 heterocycles. The first-order valence-corrected chi connectivity index (χ1v) is 10.4. The molecule has 30 heavy (non-hydrogen) atoms. The van der Waals surface area contributed by atoms with Gasteiger partial charge in [-0.05, 0) is 37.1 Å². The number of anilines is 1. The standard InChI is InChI=1S/C21H25ClN6O2/c1-15-12-16(22)5-6-18(15)30-11-3-4-19(29)27-7-9-28(10-8-27)21-17-13-25-26(2)20(17)23-14-24-21/h5-6,12-14H,3-4,7-11H2,1-2H3. The van der Waals surface area contributed by atoms with Gasteiger partial charge >= 0.3 is 0 Å². The van der Waals surface area contributed by atoms with Gasteiger partial charge < -0.3 is 14.5 Å². The van der Waals surface area contributed by atoms with E-state index in [-0.39, 0.29) is 5.91 Å². The lowest BCUT2D eigenvalue weighted by atomic mass is 10.2. The molecule has 0 unspecified atom stereocenters. The highest BCUT2D eigenvalue weighted by Crippen LogP contribution is 2.24. The Morgan fingerprint density at radius 3 is 2.77 bits per heavy atom. The first-order chi connectivity index (χ1) is 14.5. The number of amides is 1. The van der Waals surface area contributed by atoms with Crippen molar-refractivity contribution in [2.45, 2.75) is 19.8 Å². The quantitative estimate of drug-likeness (QED) is 0.562. The van der Waals surface area contributed by atoms with E-state index in [1.165, 1.54) is 0 Å². The molecule has 2 aromatic heterocycles. The van der Waals surface area contributed by atoms with Crippen LogP contribution in [0.1, 0.15) is 18.4 Å². The molecule has 0 aliphatic carbocycles. The second-order valence-corrected chi connectivity index (χ2v) is 7.87. The van der Waals surface area contributed by atoms with Crippen LogP contribution in [0, 0.1) is 6.92 Å². The monoisotopic (exact) mass is 428 g/mol. The van der Waals surface area contributed by atoms with E-state index >= 15 is 0 Å². The van der Waals surface area contributed by atoms with Gasteiger partial charge in [0, 0.05) is 44.7 Å². The van der Waals surface area contributed by atoms with Crippen LogP contribution in [-0.4, -0.2) is 63.3 Å². The second-order valence-electron chi connectivity index (χ2n) is 7.43. The van der Waals surface area contributed by atoms with Crippen molar-refractivity contribution in [3.63, 3.8) is 0 Å². The molecule has 0 saturated carbocycles. The Hall–Kier alpha value is -2.87. The van der Waals surface area contributed by atoms with Gasteiger partial charge in [-0.3, -0.25) is 9.48 Å². The van der Waals surface area contributed by atoms with Crippen molar-refractivity contribution in [1.29, 1.82) is 0 Å². The van der Waals surface area contributed by atoms with E-state index in [0.717, 1.165) is 41.3 Å². The minimum Gasteiger partial charge on any atom is -0.493 e. The normalized spacial score (nSPS) is 14.4. The van der Waals surface area contributed by atoms with Gasteiger partial charge in [0.15, 0.2) is 5.65 Å². The summed E-state index contributed by atoms with van der Waals surface area (Å²) in [6.07, 6.45) is 4.53. The summed E-state index contributed by atoms with van der Waals surface area (Å²) in [5, 5.41) is 5.91. The summed E-state index contributed by atoms with van der Waals surface area (Å²) in [4.78, 5) is 25.4. The van der Waals surface area contributed by atoms with Gasteiger partial charge in [-0.15, -0.1) is 0 Å². The summed E-state index contributed by atoms with van der Waals surface area (Å²) in [5.41, 5.74) is 1.81. The van der Waals surface area contributed by atoms with Gasteiger partial charge in [0.2, 0.25) is 5.91 Å². The van der Waals surface area contributed by atoms with Crippen LogP contribution < -0.4 is 9.64 Å². The molecular weight excluding hydrogens is 404 g/mol. The Labute approximate surface area is 180 Å². The van der Waals surface area contributed by atoms with E-state index in [1.54, 1.807) is 17.2 Å². The largest absolute Gasteiger partial charge is 0.493 e. The van der Waals surface area contributed by atoms with E-state index in [0.29, 0.717) is 37.6 Å². The minimum absolute atomic E-state index is 0.167. The summed E-state index contributed by atoms with van der Waals surface area (Å²) in [7, 11) is 1.87. The lowest BCUT2D eigenvalue weighted by Crippen LogP contribution is -2.49. The molecule has 3 aromatic rings. The maximum atomic E-state index is 12.6. The smallest absolute Gasteiger partial charge is 0.222 e. The SMILES string of the molecule is Cc1cc(Cl)ccc1OCCCC(=O)N1CCN(c2ncnc3c2cnn3C)CC1. The molecule has 1 saturated heterocycles. The first-order valence-electron chi connectivity index (χ1n) is 10.1. The fourth-order valence-electron chi connectivity index (χ4n) is 3.71. The zero-order chi connectivity index (χ0) is 21.1. The number of hydrogen-bond donors (Lipinski definition) is 0. The fourth-order valence-corrected chi connectivity index (χ4v) is 3.93. The van der Waals surface area contributed by atoms with Crippen LogP contribution in [0.25, 0.3) is 11.0 Å². The van der Waals surface area contributed by atoms with Crippen molar-refractivity contribution in [3.05, 3.63) is 41.3 Å². The lowest BCUT2D eigenvalue weighted by molar-refractivity contribution is -0.131. The first kappa shape index (κ1) is 20.4. The topological polar surface area (TPSA) is 76.4 Å². The predicted molar refractivity (Wildman–Crippen MR) is 116 cm³/mol. The number of nitrogens with zero attached hydrogens (tertiary/aromatic N) is 6. The zero-order valence-electron chi connectivity index (χ0n) is 17.2. The van der Waals surface area contributed by atoms with E-state index < -0.39 is 0 Å². The number of piperazine rings is 1. The van der Waals surface area contributed by atoms with E-state index in [1.807, 2.05) is 37.1 Å². The van der Waals surface area contributed by atoms with Gasteiger partial charge in [-0.2, -0.15) is 5.10 Å². The maximum Gasteiger partial charge on any atom is 0.222 e. The van der Waals surface area contributed by atoms with Crippen LogP contribution in [0.4, 0.5) is 5.82 Å². The van der Waals surface area contributed by atoms with E-state index in [9.17, 15) is 4.79 Å². The molecule has 4 rings (SSSR count). The number of aromatic nitrogens is 4. The molecule has 1 fully saturated rings. The molecule has 0 bridgehead atoms. The Morgan fingerprint density at radius 2 is 2.00 bits per heavy atom. The number of hydrogen-bond acceptors (Lipinski definition) is 6. The molecule has 0 spiro atoms. The maximum absolute atomic E-state index is 12.6. The van der Waals surface area contributed by atoms with Crippen molar-refractivity contribution in [3.8, 4) is 5.75 Å². The van der Waals surface area contributed by atoms with Crippen molar-refractivity contribution in [1.82, 2.24) is 24.6 Å². The van der Waals surface area contributed by atoms with Crippen LogP contribution in [0.15, 0.2) is 30.7 Å². The molecule has 0 N–H and O–H groups in total. The minimum atomic E-state index is 0.167. The fraction of sp³-hybridized carbons (Fsp3) is 0.429. The summed E-state index contributed by atoms with van der Waals surface area (Å²) in [5.74, 6) is 1.86. The highest BCUT2D eigenvalue weighted by Gasteiger charge is 2.23. The van der Waals surface area contributed by atoms with Crippen LogP contribution in [0.2, 0.25) is 5.02 Å². The van der Waals surface area contributed by atoms with Gasteiger partial charge in [0.1, 0.15) is 17.9 Å². The van der Waals surface area contributed by atoms with E-state index in [2.05, 4.69) is 20.0 Å². The molecule has 1 amide bonds. The number of carbonyl (C=O) groups is 1.